The minimum Gasteiger partial charge on any atom is -0.479 e. The van der Waals surface area contributed by atoms with E-state index in [0.717, 1.165) is 6.07 Å². The number of carbonyl (C=O) groups excluding carboxylic acids is 1. The van der Waals surface area contributed by atoms with Gasteiger partial charge in [-0.05, 0) is 13.0 Å². The SMILES string of the molecule is C#CCNC(=O)C(C)Oc1cc([N+](=O)[O-])ccc1Cl. The van der Waals surface area contributed by atoms with E-state index in [9.17, 15) is 14.9 Å². The molecule has 1 rings (SSSR count). The average Bonchev–Trinajstić information content (AvgIpc) is 2.38. The summed E-state index contributed by atoms with van der Waals surface area (Å²) in [6, 6.07) is 3.74. The first kappa shape index (κ1) is 14.8. The summed E-state index contributed by atoms with van der Waals surface area (Å²) in [7, 11) is 0. The molecule has 1 aromatic rings. The monoisotopic (exact) mass is 282 g/mol. The Morgan fingerprint density at radius 1 is 1.68 bits per heavy atom. The highest BCUT2D eigenvalue weighted by Crippen LogP contribution is 2.29. The van der Waals surface area contributed by atoms with Gasteiger partial charge in [-0.2, -0.15) is 0 Å². The third-order valence-corrected chi connectivity index (χ3v) is 2.48. The van der Waals surface area contributed by atoms with Crippen LogP contribution in [0.5, 0.6) is 5.75 Å². The zero-order chi connectivity index (χ0) is 14.4. The van der Waals surface area contributed by atoms with Crippen LogP contribution < -0.4 is 10.1 Å². The van der Waals surface area contributed by atoms with Crippen LogP contribution in [-0.4, -0.2) is 23.5 Å². The Kier molecular flexibility index (Phi) is 5.15. The standard InChI is InChI=1S/C12H11ClN2O4/c1-3-6-14-12(16)8(2)19-11-7-9(15(17)18)4-5-10(11)13/h1,4-5,7-8H,6H2,2H3,(H,14,16). The Hall–Kier alpha value is -2.26. The molecule has 0 aliphatic heterocycles. The van der Waals surface area contributed by atoms with Gasteiger partial charge in [-0.1, -0.05) is 17.5 Å². The first-order chi connectivity index (χ1) is 8.95. The van der Waals surface area contributed by atoms with Gasteiger partial charge < -0.3 is 10.1 Å². The first-order valence-corrected chi connectivity index (χ1v) is 5.65. The molecule has 6 nitrogen and oxygen atoms in total. The molecule has 100 valence electrons. The number of non-ortho nitro benzene ring substituents is 1. The van der Waals surface area contributed by atoms with Crippen LogP contribution >= 0.6 is 11.6 Å². The van der Waals surface area contributed by atoms with Crippen molar-refractivity contribution in [2.24, 2.45) is 0 Å². The number of nitro groups is 1. The molecule has 0 fully saturated rings. The molecule has 1 unspecified atom stereocenters. The van der Waals surface area contributed by atoms with E-state index in [0.29, 0.717) is 0 Å². The van der Waals surface area contributed by atoms with Gasteiger partial charge in [-0.3, -0.25) is 14.9 Å². The van der Waals surface area contributed by atoms with E-state index in [4.69, 9.17) is 22.8 Å². The molecule has 0 saturated carbocycles. The summed E-state index contributed by atoms with van der Waals surface area (Å²) < 4.78 is 5.28. The Labute approximate surface area is 114 Å². The average molecular weight is 283 g/mol. The maximum atomic E-state index is 11.5. The molecule has 0 bridgehead atoms. The van der Waals surface area contributed by atoms with Crippen molar-refractivity contribution < 1.29 is 14.5 Å². The van der Waals surface area contributed by atoms with E-state index in [1.807, 2.05) is 0 Å². The van der Waals surface area contributed by atoms with Crippen LogP contribution in [0.25, 0.3) is 0 Å². The number of nitrogens with zero attached hydrogens (tertiary/aromatic N) is 1. The number of halogens is 1. The van der Waals surface area contributed by atoms with Crippen molar-refractivity contribution in [2.75, 3.05) is 6.54 Å². The lowest BCUT2D eigenvalue weighted by atomic mass is 10.3. The first-order valence-electron chi connectivity index (χ1n) is 5.27. The second-order valence-electron chi connectivity index (χ2n) is 3.55. The highest BCUT2D eigenvalue weighted by atomic mass is 35.5. The Morgan fingerprint density at radius 3 is 2.95 bits per heavy atom. The Balaban J connectivity index is 2.81. The molecular formula is C12H11ClN2O4. The van der Waals surface area contributed by atoms with Crippen molar-refractivity contribution in [3.05, 3.63) is 33.3 Å². The highest BCUT2D eigenvalue weighted by Gasteiger charge is 2.17. The molecule has 0 radical (unpaired) electrons. The summed E-state index contributed by atoms with van der Waals surface area (Å²) in [6.45, 7) is 1.57. The second kappa shape index (κ2) is 6.61. The van der Waals surface area contributed by atoms with Crippen molar-refractivity contribution >= 4 is 23.2 Å². The van der Waals surface area contributed by atoms with Crippen molar-refractivity contribution in [2.45, 2.75) is 13.0 Å². The number of nitrogens with one attached hydrogen (secondary N) is 1. The van der Waals surface area contributed by atoms with Crippen molar-refractivity contribution in [3.63, 3.8) is 0 Å². The van der Waals surface area contributed by atoms with E-state index < -0.39 is 16.9 Å². The van der Waals surface area contributed by atoms with Gasteiger partial charge in [-0.25, -0.2) is 0 Å². The molecule has 1 amide bonds. The topological polar surface area (TPSA) is 81.5 Å². The van der Waals surface area contributed by atoms with Gasteiger partial charge in [0.15, 0.2) is 6.10 Å². The quantitative estimate of drug-likeness (QED) is 0.507. The second-order valence-corrected chi connectivity index (χ2v) is 3.96. The number of amides is 1. The predicted molar refractivity (Wildman–Crippen MR) is 70.0 cm³/mol. The van der Waals surface area contributed by atoms with E-state index in [1.54, 1.807) is 0 Å². The minimum absolute atomic E-state index is 0.0687. The highest BCUT2D eigenvalue weighted by molar-refractivity contribution is 6.32. The number of nitro benzene ring substituents is 1. The van der Waals surface area contributed by atoms with Gasteiger partial charge >= 0.3 is 0 Å². The molecule has 1 atom stereocenters. The maximum absolute atomic E-state index is 11.5. The summed E-state index contributed by atoms with van der Waals surface area (Å²) in [4.78, 5) is 21.6. The molecule has 0 spiro atoms. The smallest absolute Gasteiger partial charge is 0.273 e. The number of ether oxygens (including phenoxy) is 1. The fraction of sp³-hybridized carbons (Fsp3) is 0.250. The summed E-state index contributed by atoms with van der Waals surface area (Å²) in [5.74, 6) is 1.89. The zero-order valence-corrected chi connectivity index (χ0v) is 10.8. The van der Waals surface area contributed by atoms with Crippen molar-refractivity contribution in [1.29, 1.82) is 0 Å². The van der Waals surface area contributed by atoms with E-state index in [-0.39, 0.29) is 23.0 Å². The zero-order valence-electron chi connectivity index (χ0n) is 10.1. The number of hydrogen-bond donors (Lipinski definition) is 1. The number of hydrogen-bond acceptors (Lipinski definition) is 4. The molecule has 0 heterocycles. The normalized spacial score (nSPS) is 11.2. The molecule has 0 aromatic heterocycles. The molecule has 0 saturated heterocycles. The Bertz CT molecular complexity index is 539. The van der Waals surface area contributed by atoms with Crippen LogP contribution in [-0.2, 0) is 4.79 Å². The van der Waals surface area contributed by atoms with Gasteiger partial charge in [0.05, 0.1) is 22.6 Å². The number of carbonyl (C=O) groups is 1. The molecule has 7 heteroatoms. The number of rotatable bonds is 5. The van der Waals surface area contributed by atoms with Crippen LogP contribution in [0.15, 0.2) is 18.2 Å². The lowest BCUT2D eigenvalue weighted by Gasteiger charge is -2.14. The predicted octanol–water partition coefficient (Wildman–Crippen LogP) is 1.76. The van der Waals surface area contributed by atoms with Crippen molar-refractivity contribution in [1.82, 2.24) is 5.32 Å². The number of benzene rings is 1. The van der Waals surface area contributed by atoms with Crippen LogP contribution in [0.2, 0.25) is 5.02 Å². The minimum atomic E-state index is -0.868. The third-order valence-electron chi connectivity index (χ3n) is 2.16. The molecule has 0 aliphatic carbocycles. The van der Waals surface area contributed by atoms with Crippen LogP contribution in [0.3, 0.4) is 0 Å². The fourth-order valence-electron chi connectivity index (χ4n) is 1.22. The largest absolute Gasteiger partial charge is 0.479 e. The summed E-state index contributed by atoms with van der Waals surface area (Å²) >= 11 is 5.84. The number of terminal acetylenes is 1. The molecule has 1 aromatic carbocycles. The molecule has 1 N–H and O–H groups in total. The van der Waals surface area contributed by atoms with Gasteiger partial charge in [0.2, 0.25) is 0 Å². The van der Waals surface area contributed by atoms with Gasteiger partial charge in [-0.15, -0.1) is 6.42 Å². The van der Waals surface area contributed by atoms with Crippen molar-refractivity contribution in [3.8, 4) is 18.1 Å². The lowest BCUT2D eigenvalue weighted by molar-refractivity contribution is -0.384. The van der Waals surface area contributed by atoms with Gasteiger partial charge in [0.25, 0.3) is 11.6 Å². The van der Waals surface area contributed by atoms with E-state index >= 15 is 0 Å². The van der Waals surface area contributed by atoms with Crippen LogP contribution in [0.4, 0.5) is 5.69 Å². The van der Waals surface area contributed by atoms with Crippen LogP contribution in [0.1, 0.15) is 6.92 Å². The summed E-state index contributed by atoms with van der Waals surface area (Å²) in [5, 5.41) is 13.2. The molecule has 0 aliphatic rings. The van der Waals surface area contributed by atoms with Gasteiger partial charge in [0.1, 0.15) is 5.75 Å². The van der Waals surface area contributed by atoms with Crippen LogP contribution in [0, 0.1) is 22.5 Å². The molecule has 19 heavy (non-hydrogen) atoms. The molecular weight excluding hydrogens is 272 g/mol. The van der Waals surface area contributed by atoms with E-state index in [1.165, 1.54) is 19.1 Å². The van der Waals surface area contributed by atoms with Gasteiger partial charge in [0, 0.05) is 6.07 Å². The Morgan fingerprint density at radius 2 is 2.37 bits per heavy atom. The summed E-state index contributed by atoms with van der Waals surface area (Å²) in [6.07, 6.45) is 4.14. The summed E-state index contributed by atoms with van der Waals surface area (Å²) in [5.41, 5.74) is -0.171. The lowest BCUT2D eigenvalue weighted by Crippen LogP contribution is -2.36. The third kappa shape index (κ3) is 4.16. The van der Waals surface area contributed by atoms with E-state index in [2.05, 4.69) is 11.2 Å². The fourth-order valence-corrected chi connectivity index (χ4v) is 1.38. The maximum Gasteiger partial charge on any atom is 0.273 e.